The van der Waals surface area contributed by atoms with Crippen molar-refractivity contribution in [1.29, 1.82) is 0 Å². The number of rotatable bonds is 14. The molecular formula is C84H66N8S2Si2. The Bertz CT molecular complexity index is 5070. The lowest BCUT2D eigenvalue weighted by Gasteiger charge is -2.35. The molecule has 0 saturated carbocycles. The first-order valence-electron chi connectivity index (χ1n) is 32.5. The van der Waals surface area contributed by atoms with Gasteiger partial charge in [-0.3, -0.25) is 0 Å². The predicted octanol–water partition coefficient (Wildman–Crippen LogP) is 21.5. The Hall–Kier alpha value is -10.6. The van der Waals surface area contributed by atoms with Crippen molar-refractivity contribution in [2.24, 2.45) is 0 Å². The lowest BCUT2D eigenvalue weighted by atomic mass is 10.0. The normalized spacial score (nSPS) is 12.6. The standard InChI is InChI=1S/C84H66N8S2Si2/c1-95(2,3)69-44-48-73-77(53-69)94-78-54-70(45-49-74(78)92(73)68-42-34-62(35-43-68)82-86-79(59-27-15-8-16-28-59)85-80(87-82)60-29-17-9-18-30-60)96(4,5)55-56-22-21-33-66(50-56)84-89-81(61-31-19-10-20-32-61)88-83(90-84)63-36-40-67(41-37-63)91-71-46-38-64(57-23-11-6-12-24-57)51-75(71)93-76-52-65(39-47-72(76)91)58-25-13-7-14-26-58/h6-54H,55H2,1-5H3. The molecule has 0 unspecified atom stereocenters. The van der Waals surface area contributed by atoms with Gasteiger partial charge in [0, 0.05) is 64.3 Å². The Morgan fingerprint density at radius 3 is 0.948 bits per heavy atom. The molecule has 0 saturated heterocycles. The van der Waals surface area contributed by atoms with Crippen molar-refractivity contribution in [1.82, 2.24) is 29.9 Å². The fourth-order valence-corrected chi connectivity index (χ4v) is 19.1. The van der Waals surface area contributed by atoms with E-state index in [0.717, 1.165) is 62.2 Å². The van der Waals surface area contributed by atoms with Crippen LogP contribution in [0.5, 0.6) is 0 Å². The molecule has 0 bridgehead atoms. The van der Waals surface area contributed by atoms with Gasteiger partial charge in [0.05, 0.1) is 38.9 Å². The highest BCUT2D eigenvalue weighted by Gasteiger charge is 2.32. The van der Waals surface area contributed by atoms with Crippen LogP contribution in [0.2, 0.25) is 32.7 Å². The highest BCUT2D eigenvalue weighted by Crippen LogP contribution is 2.54. The minimum absolute atomic E-state index is 0.619. The van der Waals surface area contributed by atoms with Crippen molar-refractivity contribution >= 4 is 84.2 Å². The Labute approximate surface area is 571 Å². The average Bonchev–Trinajstić information content (AvgIpc) is 0.753. The summed E-state index contributed by atoms with van der Waals surface area (Å²) in [5.41, 5.74) is 18.4. The smallest absolute Gasteiger partial charge is 0.164 e. The van der Waals surface area contributed by atoms with Gasteiger partial charge in [0.25, 0.3) is 0 Å². The highest BCUT2D eigenvalue weighted by atomic mass is 32.2. The van der Waals surface area contributed by atoms with Gasteiger partial charge < -0.3 is 9.80 Å². The molecule has 2 aliphatic heterocycles. The predicted molar refractivity (Wildman–Crippen MR) is 405 cm³/mol. The van der Waals surface area contributed by atoms with Crippen molar-refractivity contribution in [3.8, 4) is 90.6 Å². The molecule has 0 spiro atoms. The molecule has 0 radical (unpaired) electrons. The molecule has 12 heteroatoms. The quantitative estimate of drug-likeness (QED) is 0.0982. The summed E-state index contributed by atoms with van der Waals surface area (Å²) in [6.45, 7) is 12.3. The number of aromatic nitrogens is 6. The van der Waals surface area contributed by atoms with Crippen molar-refractivity contribution in [2.45, 2.75) is 58.4 Å². The Kier molecular flexibility index (Phi) is 15.9. The van der Waals surface area contributed by atoms with E-state index in [9.17, 15) is 0 Å². The second-order valence-corrected chi connectivity index (χ2v) is 38.1. The molecule has 14 aromatic rings. The molecule has 8 nitrogen and oxygen atoms in total. The summed E-state index contributed by atoms with van der Waals surface area (Å²) in [7, 11) is -3.82. The number of anilines is 6. The van der Waals surface area contributed by atoms with Gasteiger partial charge in [0.2, 0.25) is 0 Å². The largest absolute Gasteiger partial charge is 0.308 e. The van der Waals surface area contributed by atoms with Gasteiger partial charge in [-0.25, -0.2) is 29.9 Å². The van der Waals surface area contributed by atoms with Crippen LogP contribution >= 0.6 is 23.5 Å². The molecule has 2 aromatic heterocycles. The van der Waals surface area contributed by atoms with Crippen molar-refractivity contribution in [3.63, 3.8) is 0 Å². The summed E-state index contributed by atoms with van der Waals surface area (Å²) >= 11 is 3.73. The highest BCUT2D eigenvalue weighted by molar-refractivity contribution is 8.00. The second-order valence-electron chi connectivity index (χ2n) is 26.2. The monoisotopic (exact) mass is 1310 g/mol. The van der Waals surface area contributed by atoms with Crippen LogP contribution in [0, 0.1) is 0 Å². The molecule has 0 amide bonds. The fraction of sp³-hybridized carbons (Fsp3) is 0.0714. The fourth-order valence-electron chi connectivity index (χ4n) is 12.9. The van der Waals surface area contributed by atoms with Crippen LogP contribution in [0.4, 0.5) is 34.1 Å². The molecule has 0 aliphatic carbocycles. The first-order chi connectivity index (χ1) is 46.9. The van der Waals surface area contributed by atoms with Crippen molar-refractivity contribution in [3.05, 3.63) is 303 Å². The molecule has 12 aromatic carbocycles. The van der Waals surface area contributed by atoms with Gasteiger partial charge in [-0.2, -0.15) is 0 Å². The van der Waals surface area contributed by atoms with Crippen LogP contribution in [0.25, 0.3) is 90.6 Å². The van der Waals surface area contributed by atoms with Crippen LogP contribution in [0.3, 0.4) is 0 Å². The molecule has 96 heavy (non-hydrogen) atoms. The van der Waals surface area contributed by atoms with E-state index in [1.54, 1.807) is 0 Å². The van der Waals surface area contributed by atoms with Crippen LogP contribution in [0.15, 0.2) is 317 Å². The first-order valence-corrected chi connectivity index (χ1v) is 40.9. The minimum atomic E-state index is -2.17. The zero-order chi connectivity index (χ0) is 64.9. The number of fused-ring (bicyclic) bond motifs is 4. The Morgan fingerprint density at radius 2 is 0.562 bits per heavy atom. The summed E-state index contributed by atoms with van der Waals surface area (Å²) in [6, 6.07) is 107. The van der Waals surface area contributed by atoms with E-state index in [1.807, 2.05) is 102 Å². The SMILES string of the molecule is C[Si](C)(C)c1ccc2c(c1)Sc1cc([Si](C)(C)Cc3cccc(-c4nc(-c5ccccc5)nc(-c5ccc(N6c7ccc(-c8ccccc8)cc7Sc7cc(-c8ccccc8)ccc76)cc5)n4)c3)ccc1N2c1ccc(-c2nc(-c3ccccc3)nc(-c3ccccc3)n2)cc1. The maximum atomic E-state index is 5.31. The summed E-state index contributed by atoms with van der Waals surface area (Å²) in [5, 5.41) is 2.84. The van der Waals surface area contributed by atoms with E-state index in [-0.39, 0.29) is 0 Å². The van der Waals surface area contributed by atoms with Gasteiger partial charge in [-0.05, 0) is 137 Å². The van der Waals surface area contributed by atoms with E-state index >= 15 is 0 Å². The van der Waals surface area contributed by atoms with E-state index in [0.29, 0.717) is 34.9 Å². The number of hydrogen-bond donors (Lipinski definition) is 0. The van der Waals surface area contributed by atoms with E-state index in [2.05, 4.69) is 261 Å². The average molecular weight is 1310 g/mol. The molecule has 16 rings (SSSR count). The lowest BCUT2D eigenvalue weighted by Crippen LogP contribution is -2.44. The van der Waals surface area contributed by atoms with E-state index in [1.165, 1.54) is 69.1 Å². The first kappa shape index (κ1) is 60.3. The topological polar surface area (TPSA) is 83.8 Å². The van der Waals surface area contributed by atoms with Crippen molar-refractivity contribution in [2.75, 3.05) is 9.80 Å². The molecule has 0 N–H and O–H groups in total. The molecular weight excluding hydrogens is 1240 g/mol. The third kappa shape index (κ3) is 12.1. The molecule has 0 atom stereocenters. The summed E-state index contributed by atoms with van der Waals surface area (Å²) in [6.07, 6.45) is 0. The number of benzene rings is 12. The second kappa shape index (κ2) is 25.3. The molecule has 462 valence electrons. The minimum Gasteiger partial charge on any atom is -0.308 e. The van der Waals surface area contributed by atoms with Crippen molar-refractivity contribution < 1.29 is 0 Å². The third-order valence-corrected chi connectivity index (χ3v) is 25.5. The van der Waals surface area contributed by atoms with Crippen LogP contribution in [-0.4, -0.2) is 46.1 Å². The van der Waals surface area contributed by atoms with Gasteiger partial charge >= 0.3 is 0 Å². The molecule has 2 aliphatic rings. The van der Waals surface area contributed by atoms with Crippen LogP contribution in [-0.2, 0) is 6.04 Å². The van der Waals surface area contributed by atoms with Gasteiger partial charge in [0.15, 0.2) is 34.9 Å². The van der Waals surface area contributed by atoms with Gasteiger partial charge in [-0.1, -0.05) is 261 Å². The maximum Gasteiger partial charge on any atom is 0.164 e. The Morgan fingerprint density at radius 1 is 0.260 bits per heavy atom. The Balaban J connectivity index is 0.708. The van der Waals surface area contributed by atoms with E-state index in [4.69, 9.17) is 29.9 Å². The summed E-state index contributed by atoms with van der Waals surface area (Å²) in [4.78, 5) is 40.6. The third-order valence-electron chi connectivity index (χ3n) is 18.1. The number of hydrogen-bond acceptors (Lipinski definition) is 10. The van der Waals surface area contributed by atoms with Gasteiger partial charge in [-0.15, -0.1) is 0 Å². The zero-order valence-corrected chi connectivity index (χ0v) is 57.5. The van der Waals surface area contributed by atoms with Gasteiger partial charge in [0.1, 0.15) is 0 Å². The number of nitrogens with zero attached hydrogens (tertiary/aromatic N) is 8. The van der Waals surface area contributed by atoms with E-state index < -0.39 is 16.1 Å². The molecule has 4 heterocycles. The zero-order valence-electron chi connectivity index (χ0n) is 53.9. The molecule has 0 fully saturated rings. The summed E-state index contributed by atoms with van der Waals surface area (Å²) < 4.78 is 0. The maximum absolute atomic E-state index is 5.31. The van der Waals surface area contributed by atoms with Crippen LogP contribution < -0.4 is 20.2 Å². The van der Waals surface area contributed by atoms with Crippen LogP contribution in [0.1, 0.15) is 5.56 Å². The lowest BCUT2D eigenvalue weighted by molar-refractivity contribution is 1.07. The summed E-state index contributed by atoms with van der Waals surface area (Å²) in [5.74, 6) is 3.80.